The highest BCUT2D eigenvalue weighted by molar-refractivity contribution is 7.19. The summed E-state index contributed by atoms with van der Waals surface area (Å²) in [5.41, 5.74) is 0.0447. The van der Waals surface area contributed by atoms with Gasteiger partial charge in [0.1, 0.15) is 17.0 Å². The molecule has 1 aromatic carbocycles. The van der Waals surface area contributed by atoms with Crippen LogP contribution >= 0.6 is 11.3 Å². The van der Waals surface area contributed by atoms with Crippen LogP contribution in [0.3, 0.4) is 0 Å². The van der Waals surface area contributed by atoms with Crippen LogP contribution in [0.1, 0.15) is 28.8 Å². The summed E-state index contributed by atoms with van der Waals surface area (Å²) in [5.74, 6) is -0.979. The number of fused-ring (bicyclic) bond motifs is 5. The third kappa shape index (κ3) is 3.46. The molecule has 12 heteroatoms. The maximum atomic E-state index is 13.9. The molecule has 2 N–H and O–H groups in total. The standard InChI is InChI=1S/C19H14F4N6OS/c20-11-6-5-9(19(21,22)23)7-12(11)25-18(30)26-17-28-27-15-14-10-3-1-2-4-13(10)31-16(14)24-8-29(15)17/h5-8H,1-4H2,(H2,25,26,28,30). The Bertz CT molecular complexity index is 1330. The molecule has 3 heterocycles. The van der Waals surface area contributed by atoms with Crippen LogP contribution in [0.15, 0.2) is 24.5 Å². The second-order valence-electron chi connectivity index (χ2n) is 7.12. The zero-order chi connectivity index (χ0) is 21.8. The van der Waals surface area contributed by atoms with E-state index in [1.54, 1.807) is 11.3 Å². The van der Waals surface area contributed by atoms with E-state index in [2.05, 4.69) is 25.8 Å². The number of aryl methyl sites for hydroxylation is 2. The number of amides is 2. The van der Waals surface area contributed by atoms with Crippen molar-refractivity contribution in [3.63, 3.8) is 0 Å². The fraction of sp³-hybridized carbons (Fsp3) is 0.263. The van der Waals surface area contributed by atoms with Gasteiger partial charge in [0.05, 0.1) is 16.6 Å². The normalized spacial score (nSPS) is 14.1. The molecule has 1 aliphatic carbocycles. The molecule has 160 valence electrons. The van der Waals surface area contributed by atoms with Gasteiger partial charge >= 0.3 is 12.2 Å². The van der Waals surface area contributed by atoms with E-state index in [0.29, 0.717) is 23.8 Å². The first-order chi connectivity index (χ1) is 14.8. The van der Waals surface area contributed by atoms with Crippen LogP contribution in [-0.2, 0) is 19.0 Å². The zero-order valence-corrected chi connectivity index (χ0v) is 16.6. The number of hydrogen-bond donors (Lipinski definition) is 2. The molecule has 0 bridgehead atoms. The second-order valence-corrected chi connectivity index (χ2v) is 8.21. The van der Waals surface area contributed by atoms with Crippen LogP contribution in [0.5, 0.6) is 0 Å². The van der Waals surface area contributed by atoms with Crippen LogP contribution in [-0.4, -0.2) is 25.6 Å². The van der Waals surface area contributed by atoms with Crippen LogP contribution in [0, 0.1) is 5.82 Å². The number of anilines is 2. The summed E-state index contributed by atoms with van der Waals surface area (Å²) in [7, 11) is 0. The van der Waals surface area contributed by atoms with Crippen molar-refractivity contribution in [3.8, 4) is 0 Å². The lowest BCUT2D eigenvalue weighted by molar-refractivity contribution is -0.137. The van der Waals surface area contributed by atoms with E-state index in [1.165, 1.54) is 21.2 Å². The van der Waals surface area contributed by atoms with Crippen molar-refractivity contribution in [3.05, 3.63) is 46.3 Å². The van der Waals surface area contributed by atoms with Gasteiger partial charge < -0.3 is 5.32 Å². The molecular formula is C19H14F4N6OS. The molecule has 0 atom stereocenters. The summed E-state index contributed by atoms with van der Waals surface area (Å²) < 4.78 is 54.0. The van der Waals surface area contributed by atoms with E-state index < -0.39 is 29.3 Å². The average Bonchev–Trinajstić information content (AvgIpc) is 3.29. The van der Waals surface area contributed by atoms with E-state index in [4.69, 9.17) is 0 Å². The highest BCUT2D eigenvalue weighted by Gasteiger charge is 2.31. The lowest BCUT2D eigenvalue weighted by Gasteiger charge is -2.11. The summed E-state index contributed by atoms with van der Waals surface area (Å²) in [6.45, 7) is 0. The van der Waals surface area contributed by atoms with Crippen molar-refractivity contribution < 1.29 is 22.4 Å². The lowest BCUT2D eigenvalue weighted by atomic mass is 9.97. The highest BCUT2D eigenvalue weighted by atomic mass is 32.1. The SMILES string of the molecule is O=C(Nc1cc(C(F)(F)F)ccc1F)Nc1nnc2c3c4c(sc3ncn12)CCCC4. The topological polar surface area (TPSA) is 84.2 Å². The van der Waals surface area contributed by atoms with E-state index >= 15 is 0 Å². The Labute approximate surface area is 176 Å². The first-order valence-electron chi connectivity index (χ1n) is 9.40. The van der Waals surface area contributed by atoms with Gasteiger partial charge in [0.25, 0.3) is 0 Å². The number of alkyl halides is 3. The first kappa shape index (κ1) is 19.7. The Morgan fingerprint density at radius 1 is 1.13 bits per heavy atom. The van der Waals surface area contributed by atoms with Crippen molar-refractivity contribution >= 4 is 44.9 Å². The van der Waals surface area contributed by atoms with Crippen molar-refractivity contribution in [1.29, 1.82) is 0 Å². The summed E-state index contributed by atoms with van der Waals surface area (Å²) in [6.07, 6.45) is 0.918. The van der Waals surface area contributed by atoms with Gasteiger partial charge in [0.15, 0.2) is 5.65 Å². The Morgan fingerprint density at radius 3 is 2.74 bits per heavy atom. The molecule has 1 aliphatic rings. The van der Waals surface area contributed by atoms with Crippen LogP contribution in [0.25, 0.3) is 15.9 Å². The number of halogens is 4. The molecule has 4 aromatic rings. The molecule has 0 unspecified atom stereocenters. The Hall–Kier alpha value is -3.28. The molecule has 0 spiro atoms. The number of aromatic nitrogens is 4. The molecule has 2 amide bonds. The molecule has 0 aliphatic heterocycles. The zero-order valence-electron chi connectivity index (χ0n) is 15.8. The van der Waals surface area contributed by atoms with Crippen molar-refractivity contribution in [2.24, 2.45) is 0 Å². The Morgan fingerprint density at radius 2 is 1.94 bits per heavy atom. The highest BCUT2D eigenvalue weighted by Crippen LogP contribution is 2.37. The smallest absolute Gasteiger partial charge is 0.305 e. The van der Waals surface area contributed by atoms with Gasteiger partial charge in [0.2, 0.25) is 5.95 Å². The van der Waals surface area contributed by atoms with Gasteiger partial charge in [0, 0.05) is 4.88 Å². The molecule has 0 radical (unpaired) electrons. The number of nitrogens with zero attached hydrogens (tertiary/aromatic N) is 4. The molecule has 0 saturated heterocycles. The Balaban J connectivity index is 1.44. The van der Waals surface area contributed by atoms with Crippen molar-refractivity contribution in [1.82, 2.24) is 19.6 Å². The number of carbonyl (C=O) groups is 1. The molecule has 7 nitrogen and oxygen atoms in total. The van der Waals surface area contributed by atoms with Crippen LogP contribution < -0.4 is 10.6 Å². The minimum absolute atomic E-state index is 0.0186. The predicted molar refractivity (Wildman–Crippen MR) is 107 cm³/mol. The van der Waals surface area contributed by atoms with Crippen LogP contribution in [0.4, 0.5) is 34.0 Å². The molecule has 3 aromatic heterocycles. The number of benzene rings is 1. The minimum Gasteiger partial charge on any atom is -0.305 e. The molecule has 0 fully saturated rings. The first-order valence-corrected chi connectivity index (χ1v) is 10.2. The predicted octanol–water partition coefficient (Wildman–Crippen LogP) is 5.02. The molecule has 0 saturated carbocycles. The van der Waals surface area contributed by atoms with Gasteiger partial charge in [-0.15, -0.1) is 21.5 Å². The second kappa shape index (κ2) is 7.15. The number of hydrogen-bond acceptors (Lipinski definition) is 5. The van der Waals surface area contributed by atoms with E-state index in [0.717, 1.165) is 35.9 Å². The van der Waals surface area contributed by atoms with Gasteiger partial charge in [-0.05, 0) is 49.4 Å². The van der Waals surface area contributed by atoms with Crippen LogP contribution in [0.2, 0.25) is 0 Å². The van der Waals surface area contributed by atoms with Gasteiger partial charge in [-0.3, -0.25) is 9.72 Å². The summed E-state index contributed by atoms with van der Waals surface area (Å²) in [4.78, 5) is 18.9. The van der Waals surface area contributed by atoms with E-state index in [9.17, 15) is 22.4 Å². The van der Waals surface area contributed by atoms with Gasteiger partial charge in [-0.1, -0.05) is 0 Å². The average molecular weight is 450 g/mol. The number of urea groups is 1. The summed E-state index contributed by atoms with van der Waals surface area (Å²) in [6, 6.07) is 0.813. The summed E-state index contributed by atoms with van der Waals surface area (Å²) in [5, 5.41) is 13.5. The van der Waals surface area contributed by atoms with E-state index in [1.807, 2.05) is 0 Å². The fourth-order valence-electron chi connectivity index (χ4n) is 3.69. The van der Waals surface area contributed by atoms with Crippen molar-refractivity contribution in [2.45, 2.75) is 31.9 Å². The number of rotatable bonds is 2. The molecular weight excluding hydrogens is 436 g/mol. The third-order valence-corrected chi connectivity index (χ3v) is 6.33. The monoisotopic (exact) mass is 450 g/mol. The number of thiophene rings is 1. The number of nitrogens with one attached hydrogen (secondary N) is 2. The molecule has 31 heavy (non-hydrogen) atoms. The lowest BCUT2D eigenvalue weighted by Crippen LogP contribution is -2.22. The Kier molecular flexibility index (Phi) is 4.54. The summed E-state index contributed by atoms with van der Waals surface area (Å²) >= 11 is 1.62. The maximum absolute atomic E-state index is 13.9. The van der Waals surface area contributed by atoms with Gasteiger partial charge in [-0.2, -0.15) is 13.2 Å². The molecule has 5 rings (SSSR count). The van der Waals surface area contributed by atoms with E-state index in [-0.39, 0.29) is 5.95 Å². The number of carbonyl (C=O) groups excluding carboxylic acids is 1. The minimum atomic E-state index is -4.67. The quantitative estimate of drug-likeness (QED) is 0.420. The van der Waals surface area contributed by atoms with Crippen molar-refractivity contribution in [2.75, 3.05) is 10.6 Å². The van der Waals surface area contributed by atoms with Gasteiger partial charge in [-0.25, -0.2) is 14.2 Å². The maximum Gasteiger partial charge on any atom is 0.416 e. The fourth-order valence-corrected chi connectivity index (χ4v) is 4.92. The third-order valence-electron chi connectivity index (χ3n) is 5.13. The largest absolute Gasteiger partial charge is 0.416 e.